The number of nitrogens with zero attached hydrogens (tertiary/aromatic N) is 2. The summed E-state index contributed by atoms with van der Waals surface area (Å²) in [4.78, 5) is 0. The number of hydrogen-bond donors (Lipinski definition) is 0. The van der Waals surface area contributed by atoms with E-state index in [2.05, 4.69) is 143 Å². The van der Waals surface area contributed by atoms with Gasteiger partial charge in [-0.3, -0.25) is 0 Å². The molecule has 0 spiro atoms. The van der Waals surface area contributed by atoms with E-state index in [0.717, 1.165) is 0 Å². The molecule has 0 aliphatic rings. The highest BCUT2D eigenvalue weighted by molar-refractivity contribution is 6.21. The van der Waals surface area contributed by atoms with Crippen LogP contribution in [0.3, 0.4) is 0 Å². The number of rotatable bonds is 3. The Balaban J connectivity index is 1.65. The molecule has 0 amide bonds. The van der Waals surface area contributed by atoms with E-state index < -0.39 is 0 Å². The Kier molecular flexibility index (Phi) is 4.18. The summed E-state index contributed by atoms with van der Waals surface area (Å²) in [5.74, 6) is 0. The third-order valence-electron chi connectivity index (χ3n) is 6.71. The first kappa shape index (κ1) is 19.0. The molecule has 34 heavy (non-hydrogen) atoms. The van der Waals surface area contributed by atoms with E-state index in [9.17, 15) is 0 Å². The van der Waals surface area contributed by atoms with Gasteiger partial charge in [-0.05, 0) is 41.5 Å². The van der Waals surface area contributed by atoms with Crippen LogP contribution in [-0.2, 0) is 0 Å². The first-order valence-corrected chi connectivity index (χ1v) is 11.6. The molecule has 0 fully saturated rings. The average Bonchev–Trinajstić information content (AvgIpc) is 3.42. The topological polar surface area (TPSA) is 9.34 Å². The van der Waals surface area contributed by atoms with Crippen molar-refractivity contribution in [2.45, 2.75) is 0 Å². The van der Waals surface area contributed by atoms with Crippen molar-refractivity contribution < 1.29 is 0 Å². The molecule has 3 aromatic heterocycles. The van der Waals surface area contributed by atoms with Gasteiger partial charge < -0.3 is 8.97 Å². The highest BCUT2D eigenvalue weighted by Gasteiger charge is 2.22. The second kappa shape index (κ2) is 7.50. The quantitative estimate of drug-likeness (QED) is 0.264. The van der Waals surface area contributed by atoms with Gasteiger partial charge in [0.25, 0.3) is 0 Å². The van der Waals surface area contributed by atoms with Gasteiger partial charge in [0.2, 0.25) is 0 Å². The number of aromatic nitrogens is 2. The van der Waals surface area contributed by atoms with Crippen molar-refractivity contribution in [2.75, 3.05) is 0 Å². The van der Waals surface area contributed by atoms with Crippen LogP contribution in [0.4, 0.5) is 0 Å². The molecule has 160 valence electrons. The van der Waals surface area contributed by atoms with E-state index >= 15 is 0 Å². The van der Waals surface area contributed by atoms with Gasteiger partial charge in [0.1, 0.15) is 0 Å². The average molecular weight is 435 g/mol. The molecule has 2 heteroatoms. The van der Waals surface area contributed by atoms with Crippen LogP contribution in [0.15, 0.2) is 134 Å². The molecule has 0 saturated carbocycles. The van der Waals surface area contributed by atoms with Gasteiger partial charge in [0.05, 0.1) is 22.2 Å². The molecule has 7 aromatic rings. The van der Waals surface area contributed by atoms with E-state index in [0.29, 0.717) is 0 Å². The van der Waals surface area contributed by atoms with Crippen LogP contribution in [0.1, 0.15) is 0 Å². The number of para-hydroxylation sites is 1. The number of fused-ring (bicyclic) bond motifs is 5. The number of hydrogen-bond acceptors (Lipinski definition) is 0. The lowest BCUT2D eigenvalue weighted by Crippen LogP contribution is -1.97. The molecule has 0 unspecified atom stereocenters. The van der Waals surface area contributed by atoms with E-state index in [1.807, 2.05) is 0 Å². The molecule has 0 aliphatic heterocycles. The maximum atomic E-state index is 2.44. The summed E-state index contributed by atoms with van der Waals surface area (Å²) in [5.41, 5.74) is 9.72. The maximum absolute atomic E-state index is 2.44. The molecular formula is C32H22N2. The van der Waals surface area contributed by atoms with Gasteiger partial charge in [-0.1, -0.05) is 97.1 Å². The lowest BCUT2D eigenvalue weighted by Gasteiger charge is -2.12. The van der Waals surface area contributed by atoms with E-state index in [1.165, 1.54) is 55.4 Å². The zero-order valence-electron chi connectivity index (χ0n) is 18.6. The Labute approximate surface area is 198 Å². The molecule has 0 saturated heterocycles. The lowest BCUT2D eigenvalue weighted by atomic mass is 10.1. The second-order valence-corrected chi connectivity index (χ2v) is 8.66. The van der Waals surface area contributed by atoms with Crippen LogP contribution in [0.5, 0.6) is 0 Å². The lowest BCUT2D eigenvalue weighted by molar-refractivity contribution is 1.15. The predicted octanol–water partition coefficient (Wildman–Crippen LogP) is 8.37. The highest BCUT2D eigenvalue weighted by atomic mass is 15.0. The minimum Gasteiger partial charge on any atom is -0.314 e. The molecule has 7 rings (SSSR count). The van der Waals surface area contributed by atoms with Crippen molar-refractivity contribution in [3.05, 3.63) is 134 Å². The number of pyridine rings is 1. The molecule has 4 aromatic carbocycles. The SMILES string of the molecule is c1ccc(-c2cccc(-n3c4ccccc4c4c3c(-c3ccccc3)n3ccccc43)c2)cc1. The summed E-state index contributed by atoms with van der Waals surface area (Å²) in [6.45, 7) is 0. The predicted molar refractivity (Wildman–Crippen MR) is 143 cm³/mol. The van der Waals surface area contributed by atoms with Gasteiger partial charge >= 0.3 is 0 Å². The Morgan fingerprint density at radius 1 is 0.471 bits per heavy atom. The zero-order chi connectivity index (χ0) is 22.5. The summed E-state index contributed by atoms with van der Waals surface area (Å²) in [6.07, 6.45) is 2.18. The number of benzene rings is 4. The monoisotopic (exact) mass is 434 g/mol. The fraction of sp³-hybridized carbons (Fsp3) is 0. The standard InChI is InChI=1S/C32H22N2/c1-3-12-23(13-4-1)25-16-11-17-26(22-25)34-28-19-8-7-18-27(28)30-29-20-9-10-21-33(29)31(32(30)34)24-14-5-2-6-15-24/h1-22H. The van der Waals surface area contributed by atoms with Gasteiger partial charge in [0, 0.05) is 28.2 Å². The third-order valence-corrected chi connectivity index (χ3v) is 6.71. The smallest absolute Gasteiger partial charge is 0.0809 e. The Morgan fingerprint density at radius 3 is 1.94 bits per heavy atom. The van der Waals surface area contributed by atoms with Crippen molar-refractivity contribution in [3.8, 4) is 28.1 Å². The first-order valence-electron chi connectivity index (χ1n) is 11.6. The van der Waals surface area contributed by atoms with Crippen molar-refractivity contribution in [1.82, 2.24) is 8.97 Å². The van der Waals surface area contributed by atoms with Crippen LogP contribution in [0.2, 0.25) is 0 Å². The zero-order valence-corrected chi connectivity index (χ0v) is 18.6. The van der Waals surface area contributed by atoms with Crippen molar-refractivity contribution in [2.24, 2.45) is 0 Å². The largest absolute Gasteiger partial charge is 0.314 e. The first-order chi connectivity index (χ1) is 16.9. The molecule has 0 atom stereocenters. The maximum Gasteiger partial charge on any atom is 0.0809 e. The van der Waals surface area contributed by atoms with Crippen LogP contribution in [0, 0.1) is 0 Å². The minimum absolute atomic E-state index is 1.17. The molecule has 0 aliphatic carbocycles. The highest BCUT2D eigenvalue weighted by Crippen LogP contribution is 2.42. The van der Waals surface area contributed by atoms with Crippen molar-refractivity contribution in [1.29, 1.82) is 0 Å². The fourth-order valence-corrected chi connectivity index (χ4v) is 5.27. The van der Waals surface area contributed by atoms with Gasteiger partial charge in [0.15, 0.2) is 0 Å². The van der Waals surface area contributed by atoms with Crippen molar-refractivity contribution >= 4 is 27.3 Å². The fourth-order valence-electron chi connectivity index (χ4n) is 5.27. The third kappa shape index (κ3) is 2.76. The van der Waals surface area contributed by atoms with Gasteiger partial charge in [-0.2, -0.15) is 0 Å². The molecule has 3 heterocycles. The molecule has 0 radical (unpaired) electrons. The normalized spacial score (nSPS) is 11.5. The second-order valence-electron chi connectivity index (χ2n) is 8.66. The molecule has 0 N–H and O–H groups in total. The summed E-state index contributed by atoms with van der Waals surface area (Å²) < 4.78 is 4.77. The molecule has 0 bridgehead atoms. The van der Waals surface area contributed by atoms with Crippen LogP contribution in [-0.4, -0.2) is 8.97 Å². The van der Waals surface area contributed by atoms with Crippen molar-refractivity contribution in [3.63, 3.8) is 0 Å². The molecule has 2 nitrogen and oxygen atoms in total. The van der Waals surface area contributed by atoms with Crippen LogP contribution >= 0.6 is 0 Å². The van der Waals surface area contributed by atoms with E-state index in [-0.39, 0.29) is 0 Å². The van der Waals surface area contributed by atoms with Crippen LogP contribution in [0.25, 0.3) is 55.4 Å². The molecular weight excluding hydrogens is 412 g/mol. The van der Waals surface area contributed by atoms with Gasteiger partial charge in [-0.15, -0.1) is 0 Å². The Hall–Kier alpha value is -4.56. The van der Waals surface area contributed by atoms with Gasteiger partial charge in [-0.25, -0.2) is 0 Å². The minimum atomic E-state index is 1.17. The summed E-state index contributed by atoms with van der Waals surface area (Å²) in [7, 11) is 0. The van der Waals surface area contributed by atoms with E-state index in [1.54, 1.807) is 0 Å². The summed E-state index contributed by atoms with van der Waals surface area (Å²) in [5, 5.41) is 2.56. The van der Waals surface area contributed by atoms with E-state index in [4.69, 9.17) is 0 Å². The summed E-state index contributed by atoms with van der Waals surface area (Å²) in [6, 6.07) is 45.4. The Bertz CT molecular complexity index is 1790. The summed E-state index contributed by atoms with van der Waals surface area (Å²) >= 11 is 0. The van der Waals surface area contributed by atoms with Crippen LogP contribution < -0.4 is 0 Å². The Morgan fingerprint density at radius 2 is 1.12 bits per heavy atom.